The Balaban J connectivity index is 2.00. The van der Waals surface area contributed by atoms with E-state index in [0.29, 0.717) is 18.8 Å². The van der Waals surface area contributed by atoms with E-state index in [2.05, 4.69) is 29.0 Å². The second kappa shape index (κ2) is 5.60. The highest BCUT2D eigenvalue weighted by Gasteiger charge is 2.33. The van der Waals surface area contributed by atoms with Crippen molar-refractivity contribution in [3.05, 3.63) is 17.2 Å². The molecule has 1 unspecified atom stereocenters. The van der Waals surface area contributed by atoms with Gasteiger partial charge in [0.05, 0.1) is 5.69 Å². The highest BCUT2D eigenvalue weighted by atomic mass is 16.2. The molecule has 1 saturated heterocycles. The van der Waals surface area contributed by atoms with Crippen molar-refractivity contribution in [3.8, 4) is 0 Å². The molecule has 2 N–H and O–H groups in total. The smallest absolute Gasteiger partial charge is 0.249 e. The van der Waals surface area contributed by atoms with Crippen LogP contribution in [0, 0.1) is 5.92 Å². The first kappa shape index (κ1) is 14.3. The molecule has 0 radical (unpaired) electrons. The lowest BCUT2D eigenvalue weighted by molar-refractivity contribution is -0.135. The molecule has 2 aliphatic rings. The number of imide groups is 1. The number of nitrogens with one attached hydrogen (secondary N) is 2. The van der Waals surface area contributed by atoms with Crippen molar-refractivity contribution in [2.75, 3.05) is 6.54 Å². The summed E-state index contributed by atoms with van der Waals surface area (Å²) in [4.78, 5) is 28.4. The van der Waals surface area contributed by atoms with Gasteiger partial charge < -0.3 is 9.88 Å². The average molecular weight is 290 g/mol. The Kier molecular flexibility index (Phi) is 3.80. The molecule has 6 nitrogen and oxygen atoms in total. The molecule has 114 valence electrons. The molecule has 0 aliphatic carbocycles. The van der Waals surface area contributed by atoms with Crippen LogP contribution in [0.5, 0.6) is 0 Å². The Bertz CT molecular complexity index is 576. The summed E-state index contributed by atoms with van der Waals surface area (Å²) < 4.78 is 2.11. The van der Waals surface area contributed by atoms with Crippen LogP contribution in [0.15, 0.2) is 0 Å². The highest BCUT2D eigenvalue weighted by molar-refractivity contribution is 5.99. The van der Waals surface area contributed by atoms with E-state index in [1.165, 1.54) is 5.69 Å². The topological polar surface area (TPSA) is 76.0 Å². The molecule has 21 heavy (non-hydrogen) atoms. The van der Waals surface area contributed by atoms with Crippen molar-refractivity contribution >= 4 is 11.8 Å². The Morgan fingerprint density at radius 2 is 2.14 bits per heavy atom. The van der Waals surface area contributed by atoms with E-state index in [1.54, 1.807) is 0 Å². The molecule has 1 fully saturated rings. The summed E-state index contributed by atoms with van der Waals surface area (Å²) in [6.07, 6.45) is 2.72. The van der Waals surface area contributed by atoms with Crippen LogP contribution in [0.2, 0.25) is 0 Å². The maximum atomic E-state index is 12.2. The first-order chi connectivity index (χ1) is 10.1. The van der Waals surface area contributed by atoms with Gasteiger partial charge in [-0.3, -0.25) is 14.9 Å². The van der Waals surface area contributed by atoms with Gasteiger partial charge in [-0.1, -0.05) is 13.8 Å². The van der Waals surface area contributed by atoms with Crippen LogP contribution in [0.1, 0.15) is 49.9 Å². The highest BCUT2D eigenvalue weighted by Crippen LogP contribution is 2.27. The lowest BCUT2D eigenvalue weighted by Gasteiger charge is -2.27. The minimum absolute atomic E-state index is 0.169. The average Bonchev–Trinajstić information content (AvgIpc) is 2.76. The number of piperidine rings is 1. The van der Waals surface area contributed by atoms with E-state index in [9.17, 15) is 9.59 Å². The van der Waals surface area contributed by atoms with Crippen molar-refractivity contribution in [1.29, 1.82) is 0 Å². The summed E-state index contributed by atoms with van der Waals surface area (Å²) in [5.41, 5.74) is 2.22. The van der Waals surface area contributed by atoms with Crippen molar-refractivity contribution in [3.63, 3.8) is 0 Å². The zero-order valence-electron chi connectivity index (χ0n) is 12.6. The molecule has 2 aliphatic heterocycles. The fourth-order valence-electron chi connectivity index (χ4n) is 3.19. The number of imidazole rings is 1. The van der Waals surface area contributed by atoms with Crippen LogP contribution in [0.3, 0.4) is 0 Å². The van der Waals surface area contributed by atoms with Crippen molar-refractivity contribution in [1.82, 2.24) is 20.2 Å². The lowest BCUT2D eigenvalue weighted by atomic mass is 10.0. The van der Waals surface area contributed by atoms with E-state index in [4.69, 9.17) is 4.98 Å². The van der Waals surface area contributed by atoms with Gasteiger partial charge in [0.15, 0.2) is 0 Å². The van der Waals surface area contributed by atoms with Crippen molar-refractivity contribution in [2.24, 2.45) is 5.92 Å². The van der Waals surface area contributed by atoms with Crippen molar-refractivity contribution < 1.29 is 9.59 Å². The van der Waals surface area contributed by atoms with Crippen molar-refractivity contribution in [2.45, 2.75) is 52.1 Å². The SMILES string of the molecule is CC(C)Cc1nc2c(n1C1CCC(=O)NC1=O)CCNC2. The molecule has 1 aromatic heterocycles. The Labute approximate surface area is 124 Å². The number of rotatable bonds is 3. The molecule has 3 heterocycles. The normalized spacial score (nSPS) is 22.3. The van der Waals surface area contributed by atoms with E-state index in [-0.39, 0.29) is 17.9 Å². The van der Waals surface area contributed by atoms with Gasteiger partial charge in [-0.2, -0.15) is 0 Å². The number of hydrogen-bond donors (Lipinski definition) is 2. The molecule has 1 aromatic rings. The van der Waals surface area contributed by atoms with Gasteiger partial charge in [-0.15, -0.1) is 0 Å². The van der Waals surface area contributed by atoms with Gasteiger partial charge in [0.25, 0.3) is 0 Å². The van der Waals surface area contributed by atoms with E-state index in [1.807, 2.05) is 0 Å². The van der Waals surface area contributed by atoms with Crippen LogP contribution in [0.4, 0.5) is 0 Å². The Morgan fingerprint density at radius 3 is 2.86 bits per heavy atom. The van der Waals surface area contributed by atoms with Gasteiger partial charge in [0.1, 0.15) is 11.9 Å². The van der Waals surface area contributed by atoms with Gasteiger partial charge >= 0.3 is 0 Å². The summed E-state index contributed by atoms with van der Waals surface area (Å²) in [5.74, 6) is 1.11. The Morgan fingerprint density at radius 1 is 1.33 bits per heavy atom. The minimum Gasteiger partial charge on any atom is -0.319 e. The van der Waals surface area contributed by atoms with Crippen LogP contribution in [-0.2, 0) is 29.0 Å². The first-order valence-corrected chi connectivity index (χ1v) is 7.69. The summed E-state index contributed by atoms with van der Waals surface area (Å²) >= 11 is 0. The van der Waals surface area contributed by atoms with E-state index >= 15 is 0 Å². The molecule has 6 heteroatoms. The van der Waals surface area contributed by atoms with Gasteiger partial charge in [0, 0.05) is 38.0 Å². The number of amides is 2. The quantitative estimate of drug-likeness (QED) is 0.804. The second-order valence-corrected chi connectivity index (χ2v) is 6.28. The summed E-state index contributed by atoms with van der Waals surface area (Å²) in [6.45, 7) is 5.98. The number of fused-ring (bicyclic) bond motifs is 1. The van der Waals surface area contributed by atoms with E-state index in [0.717, 1.165) is 37.4 Å². The molecular formula is C15H22N4O2. The maximum Gasteiger partial charge on any atom is 0.249 e. The van der Waals surface area contributed by atoms with Crippen LogP contribution in [-0.4, -0.2) is 27.9 Å². The summed E-state index contributed by atoms with van der Waals surface area (Å²) in [6, 6.07) is -0.286. The van der Waals surface area contributed by atoms with Gasteiger partial charge in [0.2, 0.25) is 11.8 Å². The van der Waals surface area contributed by atoms with Crippen LogP contribution < -0.4 is 10.6 Å². The zero-order chi connectivity index (χ0) is 15.0. The minimum atomic E-state index is -0.286. The largest absolute Gasteiger partial charge is 0.319 e. The molecule has 2 amide bonds. The predicted octanol–water partition coefficient (Wildman–Crippen LogP) is 0.705. The molecule has 1 atom stereocenters. The first-order valence-electron chi connectivity index (χ1n) is 7.69. The van der Waals surface area contributed by atoms with E-state index < -0.39 is 0 Å². The van der Waals surface area contributed by atoms with Gasteiger partial charge in [-0.05, 0) is 12.3 Å². The third-order valence-corrected chi connectivity index (χ3v) is 4.11. The van der Waals surface area contributed by atoms with Crippen LogP contribution >= 0.6 is 0 Å². The predicted molar refractivity (Wildman–Crippen MR) is 77.6 cm³/mol. The lowest BCUT2D eigenvalue weighted by Crippen LogP contribution is -2.43. The zero-order valence-corrected chi connectivity index (χ0v) is 12.6. The number of carbonyl (C=O) groups excluding carboxylic acids is 2. The number of aromatic nitrogens is 2. The summed E-state index contributed by atoms with van der Waals surface area (Å²) in [7, 11) is 0. The molecule has 3 rings (SSSR count). The maximum absolute atomic E-state index is 12.2. The number of hydrogen-bond acceptors (Lipinski definition) is 4. The molecular weight excluding hydrogens is 268 g/mol. The molecule has 0 saturated carbocycles. The fraction of sp³-hybridized carbons (Fsp3) is 0.667. The third kappa shape index (κ3) is 2.72. The number of carbonyl (C=O) groups is 2. The third-order valence-electron chi connectivity index (χ3n) is 4.11. The van der Waals surface area contributed by atoms with Gasteiger partial charge in [-0.25, -0.2) is 4.98 Å². The Hall–Kier alpha value is -1.69. The van der Waals surface area contributed by atoms with Crippen LogP contribution in [0.25, 0.3) is 0 Å². The molecule has 0 bridgehead atoms. The number of nitrogens with zero attached hydrogens (tertiary/aromatic N) is 2. The summed E-state index contributed by atoms with van der Waals surface area (Å²) in [5, 5.41) is 5.79. The molecule has 0 aromatic carbocycles. The fourth-order valence-corrected chi connectivity index (χ4v) is 3.19. The molecule has 0 spiro atoms. The monoisotopic (exact) mass is 290 g/mol. The second-order valence-electron chi connectivity index (χ2n) is 6.28. The standard InChI is InChI=1S/C15H22N4O2/c1-9(2)7-13-17-10-8-16-6-5-11(10)19(13)12-3-4-14(20)18-15(12)21/h9,12,16H,3-8H2,1-2H3,(H,18,20,21).